The molecule has 5 nitrogen and oxygen atoms in total. The number of aromatic nitrogens is 2. The molecule has 2 aliphatic rings. The van der Waals surface area contributed by atoms with Crippen LogP contribution in [0, 0.1) is 5.41 Å². The molecule has 26 heavy (non-hydrogen) atoms. The average Bonchev–Trinajstić information content (AvgIpc) is 3.12. The van der Waals surface area contributed by atoms with Crippen LogP contribution < -0.4 is 5.32 Å². The number of amides is 1. The number of ether oxygens (including phenoxy) is 1. The minimum atomic E-state index is -0.0105. The van der Waals surface area contributed by atoms with Crippen LogP contribution in [0.15, 0.2) is 36.5 Å². The van der Waals surface area contributed by atoms with Crippen LogP contribution in [-0.2, 0) is 24.3 Å². The molecular weight excluding hydrogens is 326 g/mol. The van der Waals surface area contributed by atoms with Gasteiger partial charge in [0.25, 0.3) is 5.91 Å². The lowest BCUT2D eigenvalue weighted by Gasteiger charge is -2.38. The van der Waals surface area contributed by atoms with Crippen LogP contribution in [0.2, 0.25) is 0 Å². The Morgan fingerprint density at radius 2 is 2.00 bits per heavy atom. The Morgan fingerprint density at radius 1 is 1.19 bits per heavy atom. The van der Waals surface area contributed by atoms with E-state index in [0.29, 0.717) is 25.5 Å². The Kier molecular flexibility index (Phi) is 5.07. The Bertz CT molecular complexity index is 748. The summed E-state index contributed by atoms with van der Waals surface area (Å²) in [5.41, 5.74) is 2.19. The third-order valence-electron chi connectivity index (χ3n) is 5.82. The number of nitrogens with one attached hydrogen (secondary N) is 1. The fourth-order valence-electron chi connectivity index (χ4n) is 4.38. The number of imidazole rings is 1. The molecular formula is C21H27N3O2. The molecule has 138 valence electrons. The summed E-state index contributed by atoms with van der Waals surface area (Å²) in [7, 11) is 0. The lowest BCUT2D eigenvalue weighted by molar-refractivity contribution is 0.0769. The number of hydrogen-bond donors (Lipinski definition) is 1. The Morgan fingerprint density at radius 3 is 2.81 bits per heavy atom. The van der Waals surface area contributed by atoms with Crippen molar-refractivity contribution in [1.29, 1.82) is 0 Å². The van der Waals surface area contributed by atoms with Crippen molar-refractivity contribution in [3.63, 3.8) is 0 Å². The van der Waals surface area contributed by atoms with Crippen molar-refractivity contribution in [3.05, 3.63) is 53.6 Å². The summed E-state index contributed by atoms with van der Waals surface area (Å²) in [6.45, 7) is 2.57. The molecule has 0 spiro atoms. The number of nitrogens with zero attached hydrogens (tertiary/aromatic N) is 2. The topological polar surface area (TPSA) is 56.2 Å². The van der Waals surface area contributed by atoms with Gasteiger partial charge in [0, 0.05) is 13.1 Å². The minimum absolute atomic E-state index is 0.0105. The molecule has 0 radical (unpaired) electrons. The van der Waals surface area contributed by atoms with Gasteiger partial charge < -0.3 is 14.6 Å². The molecule has 1 aromatic heterocycles. The first kappa shape index (κ1) is 17.3. The molecule has 1 aromatic carbocycles. The molecule has 0 bridgehead atoms. The Hall–Kier alpha value is -2.14. The molecule has 1 saturated carbocycles. The highest BCUT2D eigenvalue weighted by molar-refractivity contribution is 5.92. The van der Waals surface area contributed by atoms with Gasteiger partial charge in [-0.25, -0.2) is 4.98 Å². The molecule has 1 aliphatic heterocycles. The zero-order valence-electron chi connectivity index (χ0n) is 15.2. The van der Waals surface area contributed by atoms with Crippen LogP contribution in [-0.4, -0.2) is 28.6 Å². The molecule has 1 N–H and O–H groups in total. The molecule has 1 aliphatic carbocycles. The van der Waals surface area contributed by atoms with Gasteiger partial charge in [-0.3, -0.25) is 4.79 Å². The van der Waals surface area contributed by atoms with E-state index in [0.717, 1.165) is 18.8 Å². The summed E-state index contributed by atoms with van der Waals surface area (Å²) in [4.78, 5) is 17.1. The highest BCUT2D eigenvalue weighted by atomic mass is 16.5. The predicted molar refractivity (Wildman–Crippen MR) is 99.9 cm³/mol. The highest BCUT2D eigenvalue weighted by Crippen LogP contribution is 2.38. The number of carbonyl (C=O) groups is 1. The molecule has 1 amide bonds. The van der Waals surface area contributed by atoms with Crippen molar-refractivity contribution in [2.24, 2.45) is 5.41 Å². The second-order valence-corrected chi connectivity index (χ2v) is 7.67. The monoisotopic (exact) mass is 353 g/mol. The second kappa shape index (κ2) is 7.62. The van der Waals surface area contributed by atoms with Crippen molar-refractivity contribution in [2.75, 3.05) is 13.2 Å². The maximum absolute atomic E-state index is 12.8. The van der Waals surface area contributed by atoms with Crippen molar-refractivity contribution in [2.45, 2.75) is 51.7 Å². The minimum Gasteiger partial charge on any atom is -0.372 e. The molecule has 0 unspecified atom stereocenters. The normalized spacial score (nSPS) is 18.9. The first-order valence-electron chi connectivity index (χ1n) is 9.70. The van der Waals surface area contributed by atoms with E-state index in [1.165, 1.54) is 37.7 Å². The van der Waals surface area contributed by atoms with Gasteiger partial charge in [0.15, 0.2) is 0 Å². The van der Waals surface area contributed by atoms with Gasteiger partial charge in [0.05, 0.1) is 12.8 Å². The number of benzene rings is 1. The van der Waals surface area contributed by atoms with Gasteiger partial charge in [0.2, 0.25) is 0 Å². The molecule has 2 aromatic rings. The Labute approximate surface area is 154 Å². The summed E-state index contributed by atoms with van der Waals surface area (Å²) in [5, 5.41) is 3.23. The highest BCUT2D eigenvalue weighted by Gasteiger charge is 2.33. The third kappa shape index (κ3) is 3.68. The molecule has 0 saturated heterocycles. The van der Waals surface area contributed by atoms with Crippen LogP contribution in [0.25, 0.3) is 0 Å². The first-order valence-corrected chi connectivity index (χ1v) is 9.70. The van der Waals surface area contributed by atoms with E-state index >= 15 is 0 Å². The van der Waals surface area contributed by atoms with Crippen molar-refractivity contribution in [1.82, 2.24) is 14.9 Å². The molecule has 1 fully saturated rings. The van der Waals surface area contributed by atoms with E-state index in [2.05, 4.69) is 40.6 Å². The van der Waals surface area contributed by atoms with E-state index in [9.17, 15) is 4.79 Å². The number of carbonyl (C=O) groups excluding carboxylic acids is 1. The lowest BCUT2D eigenvalue weighted by Crippen LogP contribution is -2.41. The van der Waals surface area contributed by atoms with E-state index in [1.54, 1.807) is 6.20 Å². The summed E-state index contributed by atoms with van der Waals surface area (Å²) in [5.74, 6) is 0.835. The lowest BCUT2D eigenvalue weighted by atomic mass is 9.70. The van der Waals surface area contributed by atoms with E-state index in [-0.39, 0.29) is 11.3 Å². The first-order chi connectivity index (χ1) is 12.8. The molecule has 2 heterocycles. The van der Waals surface area contributed by atoms with Crippen molar-refractivity contribution in [3.8, 4) is 0 Å². The van der Waals surface area contributed by atoms with Crippen molar-refractivity contribution < 1.29 is 9.53 Å². The molecule has 0 atom stereocenters. The van der Waals surface area contributed by atoms with Gasteiger partial charge in [-0.05, 0) is 30.2 Å². The van der Waals surface area contributed by atoms with Gasteiger partial charge in [0.1, 0.15) is 18.1 Å². The number of rotatable bonds is 5. The van der Waals surface area contributed by atoms with Gasteiger partial charge in [-0.15, -0.1) is 0 Å². The van der Waals surface area contributed by atoms with E-state index < -0.39 is 0 Å². The third-order valence-corrected chi connectivity index (χ3v) is 5.82. The number of fused-ring (bicyclic) bond motifs is 1. The predicted octanol–water partition coefficient (Wildman–Crippen LogP) is 3.34. The maximum atomic E-state index is 12.8. The van der Waals surface area contributed by atoms with E-state index in [4.69, 9.17) is 4.74 Å². The quantitative estimate of drug-likeness (QED) is 0.897. The van der Waals surface area contributed by atoms with Gasteiger partial charge in [-0.1, -0.05) is 49.6 Å². The van der Waals surface area contributed by atoms with Crippen LogP contribution in [0.4, 0.5) is 0 Å². The standard InChI is InChI=1S/C21H27N3O2/c25-20(18-14-22-19-15-26-12-11-24(18)19)23-16-21(9-5-2-6-10-21)13-17-7-3-1-4-8-17/h1,3-4,7-8,14H,2,5-6,9-13,15-16H2,(H,23,25). The van der Waals surface area contributed by atoms with Crippen molar-refractivity contribution >= 4 is 5.91 Å². The maximum Gasteiger partial charge on any atom is 0.269 e. The smallest absolute Gasteiger partial charge is 0.269 e. The van der Waals surface area contributed by atoms with Crippen LogP contribution in [0.1, 0.15) is 54.0 Å². The average molecular weight is 353 g/mol. The Balaban J connectivity index is 1.46. The SMILES string of the molecule is O=C(NCC1(Cc2ccccc2)CCCCC1)c1cnc2n1CCOC2. The zero-order chi connectivity index (χ0) is 17.8. The summed E-state index contributed by atoms with van der Waals surface area (Å²) in [6.07, 6.45) is 8.89. The van der Waals surface area contributed by atoms with Crippen LogP contribution >= 0.6 is 0 Å². The van der Waals surface area contributed by atoms with Gasteiger partial charge in [-0.2, -0.15) is 0 Å². The van der Waals surface area contributed by atoms with E-state index in [1.807, 2.05) is 4.57 Å². The zero-order valence-corrected chi connectivity index (χ0v) is 15.2. The fourth-order valence-corrected chi connectivity index (χ4v) is 4.38. The number of hydrogen-bond acceptors (Lipinski definition) is 3. The van der Waals surface area contributed by atoms with Crippen LogP contribution in [0.3, 0.4) is 0 Å². The largest absolute Gasteiger partial charge is 0.372 e. The second-order valence-electron chi connectivity index (χ2n) is 7.67. The van der Waals surface area contributed by atoms with Crippen LogP contribution in [0.5, 0.6) is 0 Å². The fraction of sp³-hybridized carbons (Fsp3) is 0.524. The summed E-state index contributed by atoms with van der Waals surface area (Å²) >= 11 is 0. The van der Waals surface area contributed by atoms with Gasteiger partial charge >= 0.3 is 0 Å². The molecule has 4 rings (SSSR count). The molecule has 5 heteroatoms. The summed E-state index contributed by atoms with van der Waals surface area (Å²) in [6, 6.07) is 10.7. The summed E-state index contributed by atoms with van der Waals surface area (Å²) < 4.78 is 7.40.